The molecule has 2 nitrogen and oxygen atoms in total. The van der Waals surface area contributed by atoms with Gasteiger partial charge in [0.2, 0.25) is 0 Å². The summed E-state index contributed by atoms with van der Waals surface area (Å²) in [7, 11) is 0. The maximum atomic E-state index is 9.72. The van der Waals surface area contributed by atoms with Gasteiger partial charge in [-0.2, -0.15) is 0 Å². The third-order valence-electron chi connectivity index (χ3n) is 3.72. The van der Waals surface area contributed by atoms with Crippen LogP contribution in [0.5, 0.6) is 5.75 Å². The standard InChI is InChI=1S/C18H30O2/c1-4-8-15(9-5-2)14-20-18-11-7-10-16(13-18)12-17(19)6-3/h7,10-11,13,15,17,19H,4-6,8-9,12,14H2,1-3H3/t17-/m1/s1. The first kappa shape index (κ1) is 17.0. The zero-order valence-corrected chi connectivity index (χ0v) is 13.3. The number of benzene rings is 1. The van der Waals surface area contributed by atoms with E-state index in [9.17, 15) is 5.11 Å². The average molecular weight is 278 g/mol. The summed E-state index contributed by atoms with van der Waals surface area (Å²) in [5.74, 6) is 1.60. The maximum Gasteiger partial charge on any atom is 0.119 e. The van der Waals surface area contributed by atoms with Crippen LogP contribution < -0.4 is 4.74 Å². The second-order valence-electron chi connectivity index (χ2n) is 5.67. The Morgan fingerprint density at radius 2 is 1.80 bits per heavy atom. The van der Waals surface area contributed by atoms with Crippen LogP contribution in [0.15, 0.2) is 24.3 Å². The van der Waals surface area contributed by atoms with E-state index in [1.54, 1.807) is 0 Å². The minimum Gasteiger partial charge on any atom is -0.493 e. The number of hydrogen-bond acceptors (Lipinski definition) is 2. The Hall–Kier alpha value is -1.02. The molecule has 0 fully saturated rings. The molecule has 0 heterocycles. The Morgan fingerprint density at radius 3 is 2.40 bits per heavy atom. The smallest absolute Gasteiger partial charge is 0.119 e. The zero-order chi connectivity index (χ0) is 14.8. The summed E-state index contributed by atoms with van der Waals surface area (Å²) < 4.78 is 5.95. The van der Waals surface area contributed by atoms with Crippen LogP contribution in [0, 0.1) is 5.92 Å². The summed E-state index contributed by atoms with van der Waals surface area (Å²) in [6.07, 6.45) is 6.16. The highest BCUT2D eigenvalue weighted by Gasteiger charge is 2.08. The molecule has 0 bridgehead atoms. The van der Waals surface area contributed by atoms with Crippen molar-refractivity contribution in [3.05, 3.63) is 29.8 Å². The van der Waals surface area contributed by atoms with Crippen LogP contribution >= 0.6 is 0 Å². The molecule has 0 saturated heterocycles. The number of rotatable bonds is 10. The molecule has 1 atom stereocenters. The molecular weight excluding hydrogens is 248 g/mol. The van der Waals surface area contributed by atoms with E-state index in [4.69, 9.17) is 4.74 Å². The van der Waals surface area contributed by atoms with E-state index in [0.717, 1.165) is 24.3 Å². The third kappa shape index (κ3) is 6.42. The number of aliphatic hydroxyl groups is 1. The fourth-order valence-electron chi connectivity index (χ4n) is 2.52. The predicted molar refractivity (Wildman–Crippen MR) is 85.2 cm³/mol. The van der Waals surface area contributed by atoms with Gasteiger partial charge in [-0.25, -0.2) is 0 Å². The van der Waals surface area contributed by atoms with Gasteiger partial charge in [0, 0.05) is 0 Å². The van der Waals surface area contributed by atoms with E-state index >= 15 is 0 Å². The van der Waals surface area contributed by atoms with Gasteiger partial charge in [-0.1, -0.05) is 45.7 Å². The molecule has 0 aliphatic rings. The first-order valence-corrected chi connectivity index (χ1v) is 8.09. The Balaban J connectivity index is 2.52. The minimum atomic E-state index is -0.252. The highest BCUT2D eigenvalue weighted by molar-refractivity contribution is 5.28. The molecule has 1 rings (SSSR count). The number of ether oxygens (including phenoxy) is 1. The summed E-state index contributed by atoms with van der Waals surface area (Å²) in [6, 6.07) is 8.15. The summed E-state index contributed by atoms with van der Waals surface area (Å²) in [4.78, 5) is 0. The minimum absolute atomic E-state index is 0.252. The van der Waals surface area contributed by atoms with Crippen LogP contribution in [0.25, 0.3) is 0 Å². The molecule has 1 aromatic rings. The zero-order valence-electron chi connectivity index (χ0n) is 13.3. The maximum absolute atomic E-state index is 9.72. The van der Waals surface area contributed by atoms with Crippen molar-refractivity contribution in [3.8, 4) is 5.75 Å². The molecule has 0 aromatic heterocycles. The molecule has 0 aliphatic heterocycles. The van der Waals surface area contributed by atoms with Gasteiger partial charge < -0.3 is 9.84 Å². The van der Waals surface area contributed by atoms with Gasteiger partial charge in [-0.15, -0.1) is 0 Å². The fraction of sp³-hybridized carbons (Fsp3) is 0.667. The summed E-state index contributed by atoms with van der Waals surface area (Å²) in [6.45, 7) is 7.28. The lowest BCUT2D eigenvalue weighted by atomic mass is 9.99. The predicted octanol–water partition coefficient (Wildman–Crippen LogP) is 4.60. The van der Waals surface area contributed by atoms with Gasteiger partial charge >= 0.3 is 0 Å². The molecule has 1 aromatic carbocycles. The largest absolute Gasteiger partial charge is 0.493 e. The van der Waals surface area contributed by atoms with Crippen molar-refractivity contribution in [3.63, 3.8) is 0 Å². The van der Waals surface area contributed by atoms with Crippen molar-refractivity contribution in [1.82, 2.24) is 0 Å². The molecule has 114 valence electrons. The molecule has 0 saturated carbocycles. The fourth-order valence-corrected chi connectivity index (χ4v) is 2.52. The van der Waals surface area contributed by atoms with Crippen molar-refractivity contribution >= 4 is 0 Å². The second kappa shape index (κ2) is 9.82. The van der Waals surface area contributed by atoms with Gasteiger partial charge in [0.1, 0.15) is 5.75 Å². The van der Waals surface area contributed by atoms with Crippen LogP contribution in [-0.2, 0) is 6.42 Å². The van der Waals surface area contributed by atoms with Crippen LogP contribution in [0.3, 0.4) is 0 Å². The van der Waals surface area contributed by atoms with E-state index in [1.807, 2.05) is 19.1 Å². The third-order valence-corrected chi connectivity index (χ3v) is 3.72. The number of aliphatic hydroxyl groups excluding tert-OH is 1. The first-order chi connectivity index (χ1) is 9.69. The Bertz CT molecular complexity index is 356. The van der Waals surface area contributed by atoms with Gasteiger partial charge in [-0.05, 0) is 49.3 Å². The number of hydrogen-bond donors (Lipinski definition) is 1. The second-order valence-corrected chi connectivity index (χ2v) is 5.67. The van der Waals surface area contributed by atoms with Crippen molar-refractivity contribution in [1.29, 1.82) is 0 Å². The molecule has 20 heavy (non-hydrogen) atoms. The lowest BCUT2D eigenvalue weighted by Gasteiger charge is -2.17. The van der Waals surface area contributed by atoms with E-state index < -0.39 is 0 Å². The van der Waals surface area contributed by atoms with E-state index in [0.29, 0.717) is 12.3 Å². The summed E-state index contributed by atoms with van der Waals surface area (Å²) in [5, 5.41) is 9.72. The van der Waals surface area contributed by atoms with Crippen molar-refractivity contribution in [2.24, 2.45) is 5.92 Å². The molecule has 0 aliphatic carbocycles. The van der Waals surface area contributed by atoms with Crippen LogP contribution in [0.4, 0.5) is 0 Å². The first-order valence-electron chi connectivity index (χ1n) is 8.09. The quantitative estimate of drug-likeness (QED) is 0.678. The molecule has 0 spiro atoms. The normalized spacial score (nSPS) is 12.7. The molecule has 0 radical (unpaired) electrons. The van der Waals surface area contributed by atoms with Gasteiger partial charge in [-0.3, -0.25) is 0 Å². The van der Waals surface area contributed by atoms with Gasteiger partial charge in [0.05, 0.1) is 12.7 Å². The van der Waals surface area contributed by atoms with E-state index in [1.165, 1.54) is 25.7 Å². The SMILES string of the molecule is CCCC(CCC)COc1cccc(C[C@H](O)CC)c1. The molecule has 2 heteroatoms. The monoisotopic (exact) mass is 278 g/mol. The molecule has 0 amide bonds. The Kier molecular flexibility index (Phi) is 8.36. The summed E-state index contributed by atoms with van der Waals surface area (Å²) in [5.41, 5.74) is 1.15. The lowest BCUT2D eigenvalue weighted by molar-refractivity contribution is 0.170. The molecule has 0 unspecified atom stereocenters. The highest BCUT2D eigenvalue weighted by Crippen LogP contribution is 2.19. The van der Waals surface area contributed by atoms with Crippen molar-refractivity contribution in [2.75, 3.05) is 6.61 Å². The van der Waals surface area contributed by atoms with Crippen molar-refractivity contribution in [2.45, 2.75) is 65.4 Å². The van der Waals surface area contributed by atoms with Gasteiger partial charge in [0.25, 0.3) is 0 Å². The summed E-state index contributed by atoms with van der Waals surface area (Å²) >= 11 is 0. The lowest BCUT2D eigenvalue weighted by Crippen LogP contribution is -2.12. The topological polar surface area (TPSA) is 29.5 Å². The highest BCUT2D eigenvalue weighted by atomic mass is 16.5. The average Bonchev–Trinajstić information content (AvgIpc) is 2.45. The van der Waals surface area contributed by atoms with Crippen molar-refractivity contribution < 1.29 is 9.84 Å². The van der Waals surface area contributed by atoms with Gasteiger partial charge in [0.15, 0.2) is 0 Å². The van der Waals surface area contributed by atoms with Crippen LogP contribution in [0.1, 0.15) is 58.4 Å². The van der Waals surface area contributed by atoms with E-state index in [2.05, 4.69) is 26.0 Å². The van der Waals surface area contributed by atoms with E-state index in [-0.39, 0.29) is 6.10 Å². The van der Waals surface area contributed by atoms with Crippen LogP contribution in [0.2, 0.25) is 0 Å². The molecular formula is C18H30O2. The molecule has 1 N–H and O–H groups in total. The Labute approximate surface area is 124 Å². The Morgan fingerprint density at radius 1 is 1.10 bits per heavy atom. The van der Waals surface area contributed by atoms with Crippen LogP contribution in [-0.4, -0.2) is 17.8 Å².